The lowest BCUT2D eigenvalue weighted by Crippen LogP contribution is -2.30. The normalized spacial score (nSPS) is 12.6. The standard InChI is InChI=1S/C63H110O6/c1-4-7-10-13-16-19-22-25-28-29-30-31-32-33-36-38-41-44-47-50-53-56-62(65)68-59-60(69-63(66)57-54-51-48-45-42-39-35-27-24-21-18-15-12-9-6-3)58-67-61(64)55-52-49-46-43-40-37-34-26-23-20-17-14-11-8-5-2/h9,12,17-18,20-21,26-27,34-35,42,45,60H,4-8,10-11,13-16,19,22-25,28-33,36-41,43-44,46-59H2,1-3H3/b12-9-,20-17-,21-18-,34-26-,35-27-,45-42-. The van der Waals surface area contributed by atoms with Gasteiger partial charge in [0.15, 0.2) is 6.10 Å². The molecule has 0 aliphatic rings. The van der Waals surface area contributed by atoms with Crippen molar-refractivity contribution in [3.8, 4) is 0 Å². The summed E-state index contributed by atoms with van der Waals surface area (Å²) in [7, 11) is 0. The van der Waals surface area contributed by atoms with Crippen molar-refractivity contribution in [3.63, 3.8) is 0 Å². The van der Waals surface area contributed by atoms with Crippen LogP contribution in [0.5, 0.6) is 0 Å². The molecule has 0 bridgehead atoms. The highest BCUT2D eigenvalue weighted by molar-refractivity contribution is 5.71. The van der Waals surface area contributed by atoms with Crippen molar-refractivity contribution < 1.29 is 28.6 Å². The highest BCUT2D eigenvalue weighted by atomic mass is 16.6. The summed E-state index contributed by atoms with van der Waals surface area (Å²) in [4.78, 5) is 38.2. The Kier molecular flexibility index (Phi) is 54.8. The van der Waals surface area contributed by atoms with Crippen molar-refractivity contribution in [3.05, 3.63) is 72.9 Å². The maximum Gasteiger partial charge on any atom is 0.306 e. The molecule has 0 amide bonds. The second-order valence-electron chi connectivity index (χ2n) is 19.5. The first kappa shape index (κ1) is 65.8. The van der Waals surface area contributed by atoms with Gasteiger partial charge in [-0.05, 0) is 89.9 Å². The Morgan fingerprint density at radius 3 is 0.942 bits per heavy atom. The van der Waals surface area contributed by atoms with Crippen LogP contribution in [0.1, 0.15) is 290 Å². The monoisotopic (exact) mass is 963 g/mol. The third-order valence-corrected chi connectivity index (χ3v) is 12.7. The molecule has 0 saturated heterocycles. The van der Waals surface area contributed by atoms with E-state index in [4.69, 9.17) is 14.2 Å². The first-order chi connectivity index (χ1) is 34.0. The second-order valence-corrected chi connectivity index (χ2v) is 19.5. The number of ether oxygens (including phenoxy) is 3. The molecule has 69 heavy (non-hydrogen) atoms. The number of unbranched alkanes of at least 4 members (excludes halogenated alkanes) is 30. The number of rotatable bonds is 53. The van der Waals surface area contributed by atoms with Crippen molar-refractivity contribution >= 4 is 17.9 Å². The third-order valence-electron chi connectivity index (χ3n) is 12.7. The summed E-state index contributed by atoms with van der Waals surface area (Å²) in [6.45, 7) is 6.48. The van der Waals surface area contributed by atoms with Crippen LogP contribution in [0.4, 0.5) is 0 Å². The van der Waals surface area contributed by atoms with Crippen LogP contribution in [-0.4, -0.2) is 37.2 Å². The lowest BCUT2D eigenvalue weighted by atomic mass is 10.0. The summed E-state index contributed by atoms with van der Waals surface area (Å²) in [5.74, 6) is -0.941. The fourth-order valence-electron chi connectivity index (χ4n) is 8.29. The van der Waals surface area contributed by atoms with Gasteiger partial charge >= 0.3 is 17.9 Å². The predicted octanol–water partition coefficient (Wildman–Crippen LogP) is 19.8. The maximum atomic E-state index is 12.8. The van der Waals surface area contributed by atoms with E-state index in [9.17, 15) is 14.4 Å². The summed E-state index contributed by atoms with van der Waals surface area (Å²) >= 11 is 0. The van der Waals surface area contributed by atoms with Crippen molar-refractivity contribution in [2.75, 3.05) is 13.2 Å². The number of esters is 3. The van der Waals surface area contributed by atoms with Gasteiger partial charge in [-0.3, -0.25) is 14.4 Å². The Morgan fingerprint density at radius 2 is 0.565 bits per heavy atom. The van der Waals surface area contributed by atoms with Gasteiger partial charge in [0, 0.05) is 19.3 Å². The SMILES string of the molecule is CC/C=C\C/C=C\C/C=C\C/C=C\CCCCC(=O)OC(COC(=O)CCCCCCC/C=C\C/C=C\CCCCC)COC(=O)CCCCCCCCCCCCCCCCCCCCCCC. The third kappa shape index (κ3) is 55.6. The number of carbonyl (C=O) groups excluding carboxylic acids is 3. The van der Waals surface area contributed by atoms with Crippen molar-refractivity contribution in [2.45, 2.75) is 297 Å². The van der Waals surface area contributed by atoms with Gasteiger partial charge < -0.3 is 14.2 Å². The van der Waals surface area contributed by atoms with Crippen LogP contribution in [0.2, 0.25) is 0 Å². The zero-order valence-corrected chi connectivity index (χ0v) is 45.6. The Labute approximate surface area is 427 Å². The summed E-state index contributed by atoms with van der Waals surface area (Å²) in [6, 6.07) is 0. The molecule has 0 fully saturated rings. The number of carbonyl (C=O) groups is 3. The highest BCUT2D eigenvalue weighted by Gasteiger charge is 2.19. The molecule has 0 rings (SSSR count). The molecule has 0 aliphatic carbocycles. The van der Waals surface area contributed by atoms with E-state index in [0.29, 0.717) is 19.3 Å². The molecule has 0 aromatic carbocycles. The molecule has 1 unspecified atom stereocenters. The molecular formula is C63H110O6. The number of allylic oxidation sites excluding steroid dienone is 12. The lowest BCUT2D eigenvalue weighted by Gasteiger charge is -2.18. The van der Waals surface area contributed by atoms with Crippen LogP contribution in [0, 0.1) is 0 Å². The zero-order chi connectivity index (χ0) is 50.0. The number of hydrogen-bond donors (Lipinski definition) is 0. The topological polar surface area (TPSA) is 78.9 Å². The molecule has 1 atom stereocenters. The molecule has 0 aromatic heterocycles. The van der Waals surface area contributed by atoms with Gasteiger partial charge in [0.25, 0.3) is 0 Å². The zero-order valence-electron chi connectivity index (χ0n) is 45.6. The van der Waals surface area contributed by atoms with Crippen LogP contribution in [0.25, 0.3) is 0 Å². The fraction of sp³-hybridized carbons (Fsp3) is 0.762. The van der Waals surface area contributed by atoms with Crippen LogP contribution >= 0.6 is 0 Å². The van der Waals surface area contributed by atoms with E-state index in [1.807, 2.05) is 0 Å². The van der Waals surface area contributed by atoms with E-state index in [2.05, 4.69) is 93.7 Å². The maximum absolute atomic E-state index is 12.8. The molecule has 0 aliphatic heterocycles. The molecule has 0 heterocycles. The largest absolute Gasteiger partial charge is 0.462 e. The second kappa shape index (κ2) is 57.4. The molecule has 6 nitrogen and oxygen atoms in total. The van der Waals surface area contributed by atoms with Crippen LogP contribution in [-0.2, 0) is 28.6 Å². The minimum atomic E-state index is -0.802. The number of hydrogen-bond acceptors (Lipinski definition) is 6. The Balaban J connectivity index is 4.38. The summed E-state index contributed by atoms with van der Waals surface area (Å²) < 4.78 is 16.8. The Hall–Kier alpha value is -3.15. The van der Waals surface area contributed by atoms with E-state index in [1.54, 1.807) is 0 Å². The highest BCUT2D eigenvalue weighted by Crippen LogP contribution is 2.16. The van der Waals surface area contributed by atoms with E-state index in [1.165, 1.54) is 141 Å². The van der Waals surface area contributed by atoms with Crippen LogP contribution in [0.15, 0.2) is 72.9 Å². The predicted molar refractivity (Wildman–Crippen MR) is 298 cm³/mol. The molecule has 0 saturated carbocycles. The van der Waals surface area contributed by atoms with Gasteiger partial charge in [0.1, 0.15) is 13.2 Å². The van der Waals surface area contributed by atoms with E-state index >= 15 is 0 Å². The Morgan fingerprint density at radius 1 is 0.304 bits per heavy atom. The van der Waals surface area contributed by atoms with Gasteiger partial charge in [-0.15, -0.1) is 0 Å². The molecular weight excluding hydrogens is 853 g/mol. The molecule has 0 spiro atoms. The van der Waals surface area contributed by atoms with Crippen molar-refractivity contribution in [1.82, 2.24) is 0 Å². The van der Waals surface area contributed by atoms with Crippen molar-refractivity contribution in [2.24, 2.45) is 0 Å². The summed E-state index contributed by atoms with van der Waals surface area (Å²) in [5.41, 5.74) is 0. The smallest absolute Gasteiger partial charge is 0.306 e. The van der Waals surface area contributed by atoms with Crippen LogP contribution < -0.4 is 0 Å². The first-order valence-electron chi connectivity index (χ1n) is 29.4. The molecule has 0 aromatic rings. The van der Waals surface area contributed by atoms with Gasteiger partial charge in [0.2, 0.25) is 0 Å². The fourth-order valence-corrected chi connectivity index (χ4v) is 8.29. The van der Waals surface area contributed by atoms with Gasteiger partial charge in [-0.25, -0.2) is 0 Å². The van der Waals surface area contributed by atoms with E-state index in [0.717, 1.165) is 103 Å². The van der Waals surface area contributed by atoms with Gasteiger partial charge in [-0.2, -0.15) is 0 Å². The average Bonchev–Trinajstić information content (AvgIpc) is 3.35. The lowest BCUT2D eigenvalue weighted by molar-refractivity contribution is -0.167. The molecule has 398 valence electrons. The first-order valence-corrected chi connectivity index (χ1v) is 29.4. The minimum absolute atomic E-state index is 0.0945. The van der Waals surface area contributed by atoms with Crippen LogP contribution in [0.3, 0.4) is 0 Å². The van der Waals surface area contributed by atoms with Crippen molar-refractivity contribution in [1.29, 1.82) is 0 Å². The van der Waals surface area contributed by atoms with Gasteiger partial charge in [-0.1, -0.05) is 254 Å². The average molecular weight is 964 g/mol. The molecule has 6 heteroatoms. The Bertz CT molecular complexity index is 1290. The molecule has 0 N–H and O–H groups in total. The van der Waals surface area contributed by atoms with E-state index in [-0.39, 0.29) is 37.5 Å². The molecule has 0 radical (unpaired) electrons. The summed E-state index contributed by atoms with van der Waals surface area (Å²) in [5, 5.41) is 0. The van der Waals surface area contributed by atoms with Gasteiger partial charge in [0.05, 0.1) is 0 Å². The quantitative estimate of drug-likeness (QED) is 0.0262. The minimum Gasteiger partial charge on any atom is -0.462 e. The summed E-state index contributed by atoms with van der Waals surface area (Å²) in [6.07, 6.45) is 73.3. The van der Waals surface area contributed by atoms with E-state index < -0.39 is 6.10 Å².